The van der Waals surface area contributed by atoms with Crippen LogP contribution in [0.1, 0.15) is 12.6 Å². The van der Waals surface area contributed by atoms with Gasteiger partial charge < -0.3 is 10.1 Å². The molecule has 12 heavy (non-hydrogen) atoms. The van der Waals surface area contributed by atoms with Crippen LogP contribution in [0.3, 0.4) is 0 Å². The van der Waals surface area contributed by atoms with Crippen LogP contribution >= 0.6 is 15.9 Å². The van der Waals surface area contributed by atoms with Crippen molar-refractivity contribution < 1.29 is 4.92 Å². The van der Waals surface area contributed by atoms with E-state index in [0.717, 1.165) is 0 Å². The molecule has 0 saturated heterocycles. The fraction of sp³-hybridized carbons (Fsp3) is 0.500. The van der Waals surface area contributed by atoms with Gasteiger partial charge in [0.05, 0.1) is 0 Å². The molecule has 1 heterocycles. The average Bonchev–Trinajstić information content (AvgIpc) is 2.29. The zero-order valence-corrected chi connectivity index (χ0v) is 8.33. The molecular formula is C6H8BrN3O2. The van der Waals surface area contributed by atoms with E-state index in [-0.39, 0.29) is 5.82 Å². The summed E-state index contributed by atoms with van der Waals surface area (Å²) in [4.78, 5) is 13.7. The van der Waals surface area contributed by atoms with Gasteiger partial charge in [-0.15, -0.1) is 0 Å². The highest BCUT2D eigenvalue weighted by Crippen LogP contribution is 2.21. The third kappa shape index (κ3) is 1.34. The van der Waals surface area contributed by atoms with E-state index in [4.69, 9.17) is 0 Å². The number of aromatic nitrogens is 2. The molecule has 0 aliphatic heterocycles. The van der Waals surface area contributed by atoms with E-state index in [1.807, 2.05) is 6.92 Å². The molecule has 0 aliphatic rings. The van der Waals surface area contributed by atoms with Gasteiger partial charge in [-0.2, -0.15) is 0 Å². The summed E-state index contributed by atoms with van der Waals surface area (Å²) in [5, 5.41) is 10.5. The van der Waals surface area contributed by atoms with Gasteiger partial charge in [-0.25, -0.2) is 0 Å². The van der Waals surface area contributed by atoms with Crippen LogP contribution in [0, 0.1) is 10.1 Å². The quantitative estimate of drug-likeness (QED) is 0.577. The molecule has 1 aromatic heterocycles. The molecule has 0 spiro atoms. The second kappa shape index (κ2) is 3.22. The average molecular weight is 234 g/mol. The Kier molecular flexibility index (Phi) is 2.46. The van der Waals surface area contributed by atoms with Crippen LogP contribution in [0.2, 0.25) is 0 Å². The number of halogens is 1. The molecule has 0 fully saturated rings. The van der Waals surface area contributed by atoms with Gasteiger partial charge in [0.2, 0.25) is 0 Å². The molecule has 0 aliphatic carbocycles. The second-order valence-corrected chi connectivity index (χ2v) is 3.03. The Labute approximate surface area is 77.7 Å². The summed E-state index contributed by atoms with van der Waals surface area (Å²) in [5.74, 6) is -0.0631. The normalized spacial score (nSPS) is 10.2. The minimum Gasteiger partial charge on any atom is -0.358 e. The third-order valence-electron chi connectivity index (χ3n) is 1.65. The van der Waals surface area contributed by atoms with E-state index in [2.05, 4.69) is 20.9 Å². The largest absolute Gasteiger partial charge is 0.386 e. The summed E-state index contributed by atoms with van der Waals surface area (Å²) in [6.07, 6.45) is 0.603. The SMILES string of the molecule is CCc1c([N+](=O)[O-])nc(Br)n1C. The van der Waals surface area contributed by atoms with Crippen LogP contribution in [0.4, 0.5) is 5.82 Å². The summed E-state index contributed by atoms with van der Waals surface area (Å²) in [6.45, 7) is 1.86. The minimum atomic E-state index is -0.469. The fourth-order valence-corrected chi connectivity index (χ4v) is 1.41. The van der Waals surface area contributed by atoms with Crippen molar-refractivity contribution in [2.75, 3.05) is 0 Å². The van der Waals surface area contributed by atoms with E-state index >= 15 is 0 Å². The first-order chi connectivity index (χ1) is 5.57. The van der Waals surface area contributed by atoms with Crippen molar-refractivity contribution in [3.05, 3.63) is 20.5 Å². The Bertz CT molecular complexity index is 321. The van der Waals surface area contributed by atoms with Crippen molar-refractivity contribution in [1.29, 1.82) is 0 Å². The van der Waals surface area contributed by atoms with Crippen molar-refractivity contribution in [1.82, 2.24) is 9.55 Å². The maximum atomic E-state index is 10.5. The van der Waals surface area contributed by atoms with E-state index in [1.165, 1.54) is 0 Å². The Balaban J connectivity index is 3.29. The molecule has 5 nitrogen and oxygen atoms in total. The molecule has 1 aromatic rings. The number of hydrogen-bond acceptors (Lipinski definition) is 3. The molecule has 0 unspecified atom stereocenters. The summed E-state index contributed by atoms with van der Waals surface area (Å²) < 4.78 is 2.16. The lowest BCUT2D eigenvalue weighted by molar-refractivity contribution is -0.390. The van der Waals surface area contributed by atoms with Gasteiger partial charge in [-0.05, 0) is 16.3 Å². The lowest BCUT2D eigenvalue weighted by Crippen LogP contribution is -1.98. The molecule has 0 bridgehead atoms. The van der Waals surface area contributed by atoms with Crippen molar-refractivity contribution in [3.8, 4) is 0 Å². The number of imidazole rings is 1. The van der Waals surface area contributed by atoms with Crippen LogP contribution in [-0.4, -0.2) is 14.5 Å². The van der Waals surface area contributed by atoms with Gasteiger partial charge in [0.1, 0.15) is 5.69 Å². The highest BCUT2D eigenvalue weighted by atomic mass is 79.9. The van der Waals surface area contributed by atoms with Gasteiger partial charge >= 0.3 is 5.82 Å². The van der Waals surface area contributed by atoms with Crippen molar-refractivity contribution >= 4 is 21.7 Å². The molecule has 0 aromatic carbocycles. The summed E-state index contributed by atoms with van der Waals surface area (Å²) in [5.41, 5.74) is 0.631. The number of rotatable bonds is 2. The Morgan fingerprint density at radius 2 is 2.33 bits per heavy atom. The molecule has 1 rings (SSSR count). The van der Waals surface area contributed by atoms with Crippen LogP contribution in [0.15, 0.2) is 4.73 Å². The molecule has 0 amide bonds. The predicted molar refractivity (Wildman–Crippen MR) is 46.9 cm³/mol. The molecule has 0 N–H and O–H groups in total. The highest BCUT2D eigenvalue weighted by molar-refractivity contribution is 9.10. The summed E-state index contributed by atoms with van der Waals surface area (Å²) in [6, 6.07) is 0. The molecule has 66 valence electrons. The first-order valence-electron chi connectivity index (χ1n) is 3.43. The van der Waals surface area contributed by atoms with Crippen LogP contribution in [0.25, 0.3) is 0 Å². The lowest BCUT2D eigenvalue weighted by atomic mass is 10.3. The fourth-order valence-electron chi connectivity index (χ4n) is 1.03. The lowest BCUT2D eigenvalue weighted by Gasteiger charge is -1.96. The first-order valence-corrected chi connectivity index (χ1v) is 4.22. The molecule has 0 saturated carbocycles. The Morgan fingerprint density at radius 3 is 2.67 bits per heavy atom. The van der Waals surface area contributed by atoms with E-state index < -0.39 is 4.92 Å². The standard InChI is InChI=1S/C6H8BrN3O2/c1-3-4-5(10(11)12)8-6(7)9(4)2/h3H2,1-2H3. The maximum absolute atomic E-state index is 10.5. The third-order valence-corrected chi connectivity index (χ3v) is 2.36. The molecule has 0 radical (unpaired) electrons. The van der Waals surface area contributed by atoms with Crippen molar-refractivity contribution in [2.24, 2.45) is 7.05 Å². The highest BCUT2D eigenvalue weighted by Gasteiger charge is 2.22. The molecule has 0 atom stereocenters. The van der Waals surface area contributed by atoms with Gasteiger partial charge in [-0.3, -0.25) is 4.57 Å². The molecular weight excluding hydrogens is 226 g/mol. The van der Waals surface area contributed by atoms with Crippen LogP contribution < -0.4 is 0 Å². The first kappa shape index (κ1) is 9.18. The Hall–Kier alpha value is -0.910. The van der Waals surface area contributed by atoms with Crippen molar-refractivity contribution in [2.45, 2.75) is 13.3 Å². The van der Waals surface area contributed by atoms with E-state index in [0.29, 0.717) is 16.8 Å². The van der Waals surface area contributed by atoms with Gasteiger partial charge in [-0.1, -0.05) is 6.92 Å². The van der Waals surface area contributed by atoms with E-state index in [1.54, 1.807) is 11.6 Å². The van der Waals surface area contributed by atoms with Crippen LogP contribution in [0.5, 0.6) is 0 Å². The zero-order chi connectivity index (χ0) is 9.30. The van der Waals surface area contributed by atoms with E-state index in [9.17, 15) is 10.1 Å². The number of nitrogens with zero attached hydrogens (tertiary/aromatic N) is 3. The number of nitro groups is 1. The zero-order valence-electron chi connectivity index (χ0n) is 6.74. The maximum Gasteiger partial charge on any atom is 0.386 e. The summed E-state index contributed by atoms with van der Waals surface area (Å²) in [7, 11) is 1.74. The number of hydrogen-bond donors (Lipinski definition) is 0. The van der Waals surface area contributed by atoms with Gasteiger partial charge in [0.15, 0.2) is 0 Å². The monoisotopic (exact) mass is 233 g/mol. The van der Waals surface area contributed by atoms with Gasteiger partial charge in [0.25, 0.3) is 4.73 Å². The van der Waals surface area contributed by atoms with Gasteiger partial charge in [0, 0.05) is 23.0 Å². The van der Waals surface area contributed by atoms with Crippen LogP contribution in [-0.2, 0) is 13.5 Å². The minimum absolute atomic E-state index is 0.0631. The Morgan fingerprint density at radius 1 is 1.75 bits per heavy atom. The van der Waals surface area contributed by atoms with Crippen molar-refractivity contribution in [3.63, 3.8) is 0 Å². The smallest absolute Gasteiger partial charge is 0.358 e. The topological polar surface area (TPSA) is 61.0 Å². The molecule has 6 heteroatoms. The summed E-state index contributed by atoms with van der Waals surface area (Å²) >= 11 is 3.12. The second-order valence-electron chi connectivity index (χ2n) is 2.32. The predicted octanol–water partition coefficient (Wildman–Crippen LogP) is 1.65.